The molecule has 1 nitrogen and oxygen atoms in total. The lowest BCUT2D eigenvalue weighted by atomic mass is 10.1. The Morgan fingerprint density at radius 2 is 1.57 bits per heavy atom. The maximum atomic E-state index is 12.5. The standard InChI is InChI=1S/C16H14ClF3O/c17-11-10-15(12-4-2-1-3-5-12)21-14-8-6-13(7-9-14)16(18,19)20/h1-9,15H,10-11H2/t15-/m0/s1. The van der Waals surface area contributed by atoms with Crippen molar-refractivity contribution in [3.8, 4) is 5.75 Å². The van der Waals surface area contributed by atoms with Gasteiger partial charge in [0.15, 0.2) is 0 Å². The second-order valence-electron chi connectivity index (χ2n) is 4.52. The van der Waals surface area contributed by atoms with E-state index in [0.29, 0.717) is 18.1 Å². The molecule has 0 aliphatic heterocycles. The van der Waals surface area contributed by atoms with E-state index in [9.17, 15) is 13.2 Å². The van der Waals surface area contributed by atoms with Crippen LogP contribution in [0.1, 0.15) is 23.7 Å². The molecule has 0 saturated heterocycles. The second kappa shape index (κ2) is 6.85. The molecule has 0 fully saturated rings. The Bertz CT molecular complexity index is 552. The topological polar surface area (TPSA) is 9.23 Å². The van der Waals surface area contributed by atoms with E-state index in [1.54, 1.807) is 0 Å². The fourth-order valence-corrected chi connectivity index (χ4v) is 2.15. The Hall–Kier alpha value is -1.68. The first-order chi connectivity index (χ1) is 10.0. The molecule has 0 aliphatic rings. The lowest BCUT2D eigenvalue weighted by Crippen LogP contribution is -2.09. The van der Waals surface area contributed by atoms with Crippen LogP contribution >= 0.6 is 11.6 Å². The summed E-state index contributed by atoms with van der Waals surface area (Å²) in [7, 11) is 0. The number of halogens is 4. The summed E-state index contributed by atoms with van der Waals surface area (Å²) in [6.07, 6.45) is -4.04. The van der Waals surface area contributed by atoms with Gasteiger partial charge in [0.2, 0.25) is 0 Å². The van der Waals surface area contributed by atoms with Crippen molar-refractivity contribution in [2.75, 3.05) is 5.88 Å². The van der Waals surface area contributed by atoms with Crippen molar-refractivity contribution >= 4 is 11.6 Å². The number of alkyl halides is 4. The maximum absolute atomic E-state index is 12.5. The smallest absolute Gasteiger partial charge is 0.416 e. The molecule has 0 N–H and O–H groups in total. The van der Waals surface area contributed by atoms with E-state index in [4.69, 9.17) is 16.3 Å². The molecule has 21 heavy (non-hydrogen) atoms. The Kier molecular flexibility index (Phi) is 5.12. The van der Waals surface area contributed by atoms with Gasteiger partial charge in [-0.3, -0.25) is 0 Å². The minimum atomic E-state index is -4.34. The van der Waals surface area contributed by atoms with Crippen molar-refractivity contribution in [2.24, 2.45) is 0 Å². The van der Waals surface area contributed by atoms with Gasteiger partial charge in [-0.05, 0) is 29.8 Å². The summed E-state index contributed by atoms with van der Waals surface area (Å²) in [6, 6.07) is 14.1. The van der Waals surface area contributed by atoms with Gasteiger partial charge in [0.25, 0.3) is 0 Å². The Morgan fingerprint density at radius 1 is 0.952 bits per heavy atom. The third kappa shape index (κ3) is 4.39. The Labute approximate surface area is 126 Å². The van der Waals surface area contributed by atoms with E-state index in [0.717, 1.165) is 17.7 Å². The van der Waals surface area contributed by atoms with Gasteiger partial charge >= 0.3 is 6.18 Å². The third-order valence-electron chi connectivity index (χ3n) is 3.00. The lowest BCUT2D eigenvalue weighted by Gasteiger charge is -2.19. The summed E-state index contributed by atoms with van der Waals surface area (Å²) in [5, 5.41) is 0. The minimum Gasteiger partial charge on any atom is -0.486 e. The highest BCUT2D eigenvalue weighted by atomic mass is 35.5. The molecule has 0 saturated carbocycles. The highest BCUT2D eigenvalue weighted by molar-refractivity contribution is 6.17. The average Bonchev–Trinajstić information content (AvgIpc) is 2.47. The van der Waals surface area contributed by atoms with Gasteiger partial charge in [0, 0.05) is 12.3 Å². The van der Waals surface area contributed by atoms with Gasteiger partial charge in [-0.25, -0.2) is 0 Å². The highest BCUT2D eigenvalue weighted by Crippen LogP contribution is 2.31. The lowest BCUT2D eigenvalue weighted by molar-refractivity contribution is -0.137. The van der Waals surface area contributed by atoms with Crippen LogP contribution in [0.15, 0.2) is 54.6 Å². The zero-order valence-electron chi connectivity index (χ0n) is 11.1. The van der Waals surface area contributed by atoms with Crippen LogP contribution in [0.5, 0.6) is 5.75 Å². The Morgan fingerprint density at radius 3 is 2.10 bits per heavy atom. The van der Waals surface area contributed by atoms with E-state index in [1.165, 1.54) is 12.1 Å². The number of ether oxygens (including phenoxy) is 1. The first-order valence-electron chi connectivity index (χ1n) is 6.45. The van der Waals surface area contributed by atoms with Gasteiger partial charge in [-0.2, -0.15) is 13.2 Å². The normalized spacial score (nSPS) is 13.0. The summed E-state index contributed by atoms with van der Waals surface area (Å²) in [6.45, 7) is 0. The molecule has 0 aliphatic carbocycles. The molecule has 2 rings (SSSR count). The molecular weight excluding hydrogens is 301 g/mol. The van der Waals surface area contributed by atoms with Crippen LogP contribution in [-0.4, -0.2) is 5.88 Å². The number of rotatable bonds is 5. The molecule has 0 aromatic heterocycles. The van der Waals surface area contributed by atoms with Crippen LogP contribution in [-0.2, 0) is 6.18 Å². The molecule has 0 bridgehead atoms. The number of benzene rings is 2. The van der Waals surface area contributed by atoms with Gasteiger partial charge in [0.05, 0.1) is 5.56 Å². The summed E-state index contributed by atoms with van der Waals surface area (Å²) in [5.74, 6) is 0.794. The molecule has 0 amide bonds. The summed E-state index contributed by atoms with van der Waals surface area (Å²) >= 11 is 5.77. The first-order valence-corrected chi connectivity index (χ1v) is 6.99. The van der Waals surface area contributed by atoms with Crippen LogP contribution in [0.4, 0.5) is 13.2 Å². The average molecular weight is 315 g/mol. The molecule has 0 unspecified atom stereocenters. The van der Waals surface area contributed by atoms with E-state index < -0.39 is 11.7 Å². The number of hydrogen-bond donors (Lipinski definition) is 0. The largest absolute Gasteiger partial charge is 0.486 e. The van der Waals surface area contributed by atoms with E-state index in [1.807, 2.05) is 30.3 Å². The maximum Gasteiger partial charge on any atom is 0.416 e. The fourth-order valence-electron chi connectivity index (χ4n) is 1.95. The monoisotopic (exact) mass is 314 g/mol. The zero-order valence-corrected chi connectivity index (χ0v) is 11.9. The molecule has 0 spiro atoms. The van der Waals surface area contributed by atoms with Crippen molar-refractivity contribution < 1.29 is 17.9 Å². The van der Waals surface area contributed by atoms with Gasteiger partial charge in [-0.1, -0.05) is 30.3 Å². The predicted octanol–water partition coefficient (Wildman–Crippen LogP) is 5.45. The first kappa shape index (κ1) is 15.7. The molecule has 5 heteroatoms. The van der Waals surface area contributed by atoms with E-state index in [-0.39, 0.29) is 6.10 Å². The van der Waals surface area contributed by atoms with Crippen molar-refractivity contribution in [1.82, 2.24) is 0 Å². The second-order valence-corrected chi connectivity index (χ2v) is 4.89. The van der Waals surface area contributed by atoms with Crippen LogP contribution in [0.25, 0.3) is 0 Å². The van der Waals surface area contributed by atoms with Gasteiger partial charge < -0.3 is 4.74 Å². The SMILES string of the molecule is FC(F)(F)c1ccc(O[C@@H](CCCl)c2ccccc2)cc1. The van der Waals surface area contributed by atoms with Crippen LogP contribution in [0, 0.1) is 0 Å². The minimum absolute atomic E-state index is 0.277. The summed E-state index contributed by atoms with van der Waals surface area (Å²) in [4.78, 5) is 0. The van der Waals surface area contributed by atoms with Crippen molar-refractivity contribution in [3.05, 3.63) is 65.7 Å². The number of hydrogen-bond acceptors (Lipinski definition) is 1. The molecule has 0 radical (unpaired) electrons. The molecule has 112 valence electrons. The molecule has 1 atom stereocenters. The van der Waals surface area contributed by atoms with Crippen molar-refractivity contribution in [1.29, 1.82) is 0 Å². The molecular formula is C16H14ClF3O. The highest BCUT2D eigenvalue weighted by Gasteiger charge is 2.30. The predicted molar refractivity (Wildman–Crippen MR) is 76.6 cm³/mol. The van der Waals surface area contributed by atoms with Gasteiger partial charge in [0.1, 0.15) is 11.9 Å². The van der Waals surface area contributed by atoms with E-state index >= 15 is 0 Å². The fraction of sp³-hybridized carbons (Fsp3) is 0.250. The van der Waals surface area contributed by atoms with Crippen molar-refractivity contribution in [3.63, 3.8) is 0 Å². The molecule has 2 aromatic rings. The third-order valence-corrected chi connectivity index (χ3v) is 3.22. The quantitative estimate of drug-likeness (QED) is 0.666. The van der Waals surface area contributed by atoms with Crippen LogP contribution < -0.4 is 4.74 Å². The Balaban J connectivity index is 2.14. The van der Waals surface area contributed by atoms with Crippen molar-refractivity contribution in [2.45, 2.75) is 18.7 Å². The molecule has 2 aromatic carbocycles. The van der Waals surface area contributed by atoms with E-state index in [2.05, 4.69) is 0 Å². The zero-order chi connectivity index (χ0) is 15.3. The summed E-state index contributed by atoms with van der Waals surface area (Å²) < 4.78 is 43.3. The molecule has 0 heterocycles. The van der Waals surface area contributed by atoms with Gasteiger partial charge in [-0.15, -0.1) is 11.6 Å². The van der Waals surface area contributed by atoms with Crippen LogP contribution in [0.2, 0.25) is 0 Å². The summed E-state index contributed by atoms with van der Waals surface area (Å²) in [5.41, 5.74) is 0.251. The van der Waals surface area contributed by atoms with Crippen LogP contribution in [0.3, 0.4) is 0 Å².